The van der Waals surface area contributed by atoms with Crippen molar-refractivity contribution in [2.24, 2.45) is 0 Å². The molecule has 0 spiro atoms. The molecule has 14 heavy (non-hydrogen) atoms. The number of rotatable bonds is 3. The van der Waals surface area contributed by atoms with Gasteiger partial charge in [0.15, 0.2) is 0 Å². The maximum atomic E-state index is 11.7. The highest BCUT2D eigenvalue weighted by Gasteiger charge is 2.10. The van der Waals surface area contributed by atoms with E-state index in [1.165, 1.54) is 6.20 Å². The largest absolute Gasteiger partial charge is 0.384 e. The van der Waals surface area contributed by atoms with Gasteiger partial charge >= 0.3 is 0 Å². The fourth-order valence-corrected chi connectivity index (χ4v) is 1.19. The second-order valence-corrected chi connectivity index (χ2v) is 3.20. The molecule has 0 unspecified atom stereocenters. The van der Waals surface area contributed by atoms with Gasteiger partial charge in [-0.25, -0.2) is 4.98 Å². The van der Waals surface area contributed by atoms with Crippen LogP contribution in [0.25, 0.3) is 0 Å². The summed E-state index contributed by atoms with van der Waals surface area (Å²) in [4.78, 5) is 17.2. The molecule has 1 rings (SSSR count). The molecule has 0 saturated heterocycles. The molecule has 4 heteroatoms. The van der Waals surface area contributed by atoms with Crippen molar-refractivity contribution in [3.8, 4) is 0 Å². The van der Waals surface area contributed by atoms with Crippen molar-refractivity contribution in [1.29, 1.82) is 0 Å². The normalized spacial score (nSPS) is 9.86. The molecule has 1 amide bonds. The Labute approximate surface area is 83.7 Å². The fourth-order valence-electron chi connectivity index (χ4n) is 1.19. The Morgan fingerprint density at radius 2 is 2.29 bits per heavy atom. The highest BCUT2D eigenvalue weighted by Crippen LogP contribution is 2.04. The second-order valence-electron chi connectivity index (χ2n) is 3.20. The standard InChI is InChI=1S/C10H15N3O/c1-3-6-13(2)10(14)8-4-5-9(11)12-7-8/h4-5,7H,3,6H2,1-2H3,(H2,11,12). The molecule has 4 nitrogen and oxygen atoms in total. The monoisotopic (exact) mass is 193 g/mol. The lowest BCUT2D eigenvalue weighted by Gasteiger charge is -2.15. The van der Waals surface area contributed by atoms with Crippen molar-refractivity contribution in [3.63, 3.8) is 0 Å². The Kier molecular flexibility index (Phi) is 3.45. The zero-order chi connectivity index (χ0) is 10.6. The van der Waals surface area contributed by atoms with Crippen LogP contribution in [0.4, 0.5) is 5.82 Å². The first-order valence-electron chi connectivity index (χ1n) is 4.62. The molecule has 1 aromatic heterocycles. The molecule has 0 atom stereocenters. The van der Waals surface area contributed by atoms with Crippen LogP contribution in [-0.4, -0.2) is 29.4 Å². The van der Waals surface area contributed by atoms with Crippen molar-refractivity contribution in [2.75, 3.05) is 19.3 Å². The maximum Gasteiger partial charge on any atom is 0.255 e. The lowest BCUT2D eigenvalue weighted by atomic mass is 10.2. The molecular formula is C10H15N3O. The van der Waals surface area contributed by atoms with Gasteiger partial charge in [-0.1, -0.05) is 6.92 Å². The number of hydrogen-bond acceptors (Lipinski definition) is 3. The van der Waals surface area contributed by atoms with Crippen LogP contribution in [0.2, 0.25) is 0 Å². The number of nitrogen functional groups attached to an aromatic ring is 1. The number of hydrogen-bond donors (Lipinski definition) is 1. The summed E-state index contributed by atoms with van der Waals surface area (Å²) >= 11 is 0. The van der Waals surface area contributed by atoms with Gasteiger partial charge in [0.05, 0.1) is 5.56 Å². The number of anilines is 1. The number of nitrogens with zero attached hydrogens (tertiary/aromatic N) is 2. The Balaban J connectivity index is 2.74. The van der Waals surface area contributed by atoms with Gasteiger partial charge in [-0.05, 0) is 18.6 Å². The van der Waals surface area contributed by atoms with E-state index in [0.29, 0.717) is 11.4 Å². The maximum absolute atomic E-state index is 11.7. The molecule has 0 aliphatic heterocycles. The van der Waals surface area contributed by atoms with Crippen LogP contribution in [0.1, 0.15) is 23.7 Å². The van der Waals surface area contributed by atoms with Crippen molar-refractivity contribution in [1.82, 2.24) is 9.88 Å². The van der Waals surface area contributed by atoms with Crippen molar-refractivity contribution in [3.05, 3.63) is 23.9 Å². The quantitative estimate of drug-likeness (QED) is 0.783. The van der Waals surface area contributed by atoms with Crippen molar-refractivity contribution in [2.45, 2.75) is 13.3 Å². The summed E-state index contributed by atoms with van der Waals surface area (Å²) in [6.07, 6.45) is 2.45. The van der Waals surface area contributed by atoms with E-state index >= 15 is 0 Å². The van der Waals surface area contributed by atoms with Gasteiger partial charge < -0.3 is 10.6 Å². The van der Waals surface area contributed by atoms with Crippen LogP contribution in [0.3, 0.4) is 0 Å². The number of nitrogens with two attached hydrogens (primary N) is 1. The van der Waals surface area contributed by atoms with E-state index in [1.54, 1.807) is 24.1 Å². The average Bonchev–Trinajstić information content (AvgIpc) is 2.18. The predicted molar refractivity (Wildman–Crippen MR) is 55.9 cm³/mol. The molecule has 0 aliphatic rings. The first-order chi connectivity index (χ1) is 6.65. The van der Waals surface area contributed by atoms with Crippen LogP contribution in [-0.2, 0) is 0 Å². The van der Waals surface area contributed by atoms with Crippen LogP contribution < -0.4 is 5.73 Å². The average molecular weight is 193 g/mol. The number of amides is 1. The van der Waals surface area contributed by atoms with E-state index < -0.39 is 0 Å². The lowest BCUT2D eigenvalue weighted by Crippen LogP contribution is -2.27. The molecular weight excluding hydrogens is 178 g/mol. The van der Waals surface area contributed by atoms with E-state index in [1.807, 2.05) is 6.92 Å². The van der Waals surface area contributed by atoms with Crippen molar-refractivity contribution >= 4 is 11.7 Å². The number of pyridine rings is 1. The minimum Gasteiger partial charge on any atom is -0.384 e. The van der Waals surface area contributed by atoms with E-state index in [0.717, 1.165) is 13.0 Å². The van der Waals surface area contributed by atoms with Crippen LogP contribution in [0, 0.1) is 0 Å². The highest BCUT2D eigenvalue weighted by molar-refractivity contribution is 5.93. The Morgan fingerprint density at radius 1 is 1.57 bits per heavy atom. The van der Waals surface area contributed by atoms with Gasteiger partial charge in [0, 0.05) is 19.8 Å². The minimum atomic E-state index is -0.0145. The molecule has 2 N–H and O–H groups in total. The number of aromatic nitrogens is 1. The van der Waals surface area contributed by atoms with Crippen LogP contribution in [0.15, 0.2) is 18.3 Å². The topological polar surface area (TPSA) is 59.2 Å². The summed E-state index contributed by atoms with van der Waals surface area (Å²) in [5.41, 5.74) is 6.00. The summed E-state index contributed by atoms with van der Waals surface area (Å²) in [6, 6.07) is 3.32. The van der Waals surface area contributed by atoms with Gasteiger partial charge in [-0.15, -0.1) is 0 Å². The molecule has 1 heterocycles. The van der Waals surface area contributed by atoms with Gasteiger partial charge in [0.25, 0.3) is 5.91 Å². The van der Waals surface area contributed by atoms with E-state index in [2.05, 4.69) is 4.98 Å². The molecule has 0 radical (unpaired) electrons. The molecule has 0 aromatic carbocycles. The lowest BCUT2D eigenvalue weighted by molar-refractivity contribution is 0.0795. The van der Waals surface area contributed by atoms with Crippen LogP contribution >= 0.6 is 0 Å². The molecule has 0 saturated carbocycles. The molecule has 0 fully saturated rings. The summed E-state index contributed by atoms with van der Waals surface area (Å²) in [5, 5.41) is 0. The third kappa shape index (κ3) is 2.45. The van der Waals surface area contributed by atoms with Gasteiger partial charge in [-0.2, -0.15) is 0 Å². The van der Waals surface area contributed by atoms with E-state index in [9.17, 15) is 4.79 Å². The zero-order valence-electron chi connectivity index (χ0n) is 8.53. The molecule has 0 aliphatic carbocycles. The van der Waals surface area contributed by atoms with Gasteiger partial charge in [0.1, 0.15) is 5.82 Å². The molecule has 0 bridgehead atoms. The number of carbonyl (C=O) groups excluding carboxylic acids is 1. The SMILES string of the molecule is CCCN(C)C(=O)c1ccc(N)nc1. The summed E-state index contributed by atoms with van der Waals surface area (Å²) < 4.78 is 0. The van der Waals surface area contributed by atoms with Gasteiger partial charge in [-0.3, -0.25) is 4.79 Å². The summed E-state index contributed by atoms with van der Waals surface area (Å²) in [6.45, 7) is 2.79. The van der Waals surface area contributed by atoms with E-state index in [4.69, 9.17) is 5.73 Å². The summed E-state index contributed by atoms with van der Waals surface area (Å²) in [7, 11) is 1.78. The van der Waals surface area contributed by atoms with E-state index in [-0.39, 0.29) is 5.91 Å². The first-order valence-corrected chi connectivity index (χ1v) is 4.62. The molecule has 1 aromatic rings. The van der Waals surface area contributed by atoms with Gasteiger partial charge in [0.2, 0.25) is 0 Å². The second kappa shape index (κ2) is 4.60. The Morgan fingerprint density at radius 3 is 2.79 bits per heavy atom. The Bertz CT molecular complexity index is 308. The summed E-state index contributed by atoms with van der Waals surface area (Å²) in [5.74, 6) is 0.416. The van der Waals surface area contributed by atoms with Crippen LogP contribution in [0.5, 0.6) is 0 Å². The third-order valence-electron chi connectivity index (χ3n) is 1.94. The fraction of sp³-hybridized carbons (Fsp3) is 0.400. The smallest absolute Gasteiger partial charge is 0.255 e. The zero-order valence-corrected chi connectivity index (χ0v) is 8.53. The minimum absolute atomic E-state index is 0.0145. The van der Waals surface area contributed by atoms with Crippen molar-refractivity contribution < 1.29 is 4.79 Å². The molecule has 76 valence electrons. The first kappa shape index (κ1) is 10.5. The Hall–Kier alpha value is -1.58. The third-order valence-corrected chi connectivity index (χ3v) is 1.94. The number of carbonyl (C=O) groups is 1. The highest BCUT2D eigenvalue weighted by atomic mass is 16.2. The predicted octanol–water partition coefficient (Wildman–Crippen LogP) is 1.15.